The molecule has 6 nitrogen and oxygen atoms in total. The van der Waals surface area contributed by atoms with Crippen LogP contribution in [0.2, 0.25) is 0 Å². The van der Waals surface area contributed by atoms with E-state index >= 15 is 0 Å². The molecule has 0 spiro atoms. The first kappa shape index (κ1) is 13.0. The van der Waals surface area contributed by atoms with Gasteiger partial charge in [0.1, 0.15) is 5.82 Å². The third kappa shape index (κ3) is 2.88. The zero-order valence-electron chi connectivity index (χ0n) is 10.9. The molecule has 2 rings (SSSR count). The largest absolute Gasteiger partial charge is 0.394 e. The minimum atomic E-state index is -0.129. The van der Waals surface area contributed by atoms with E-state index in [1.165, 1.54) is 0 Å². The second-order valence-electron chi connectivity index (χ2n) is 4.35. The standard InChI is InChI=1S/C12H20N4O2/c1-3-13-12-14-6-9(2)11(15-12)16-4-5-18-10(7-16)8-17/h6,10,17H,3-5,7-8H2,1-2H3,(H,13,14,15). The lowest BCUT2D eigenvalue weighted by Crippen LogP contribution is -2.44. The van der Waals surface area contributed by atoms with Crippen molar-refractivity contribution in [2.45, 2.75) is 20.0 Å². The van der Waals surface area contributed by atoms with Crippen molar-refractivity contribution in [3.63, 3.8) is 0 Å². The lowest BCUT2D eigenvalue weighted by molar-refractivity contribution is 0.00333. The second kappa shape index (κ2) is 5.97. The van der Waals surface area contributed by atoms with Crippen LogP contribution in [0.4, 0.5) is 11.8 Å². The van der Waals surface area contributed by atoms with Gasteiger partial charge in [0.25, 0.3) is 0 Å². The fraction of sp³-hybridized carbons (Fsp3) is 0.667. The molecule has 0 bridgehead atoms. The molecule has 0 aromatic carbocycles. The summed E-state index contributed by atoms with van der Waals surface area (Å²) >= 11 is 0. The average Bonchev–Trinajstić information content (AvgIpc) is 2.41. The van der Waals surface area contributed by atoms with Gasteiger partial charge in [0.2, 0.25) is 5.95 Å². The topological polar surface area (TPSA) is 70.5 Å². The summed E-state index contributed by atoms with van der Waals surface area (Å²) in [6, 6.07) is 0. The maximum atomic E-state index is 9.17. The quantitative estimate of drug-likeness (QED) is 0.809. The van der Waals surface area contributed by atoms with Crippen LogP contribution in [0.25, 0.3) is 0 Å². The first-order chi connectivity index (χ1) is 8.74. The maximum Gasteiger partial charge on any atom is 0.224 e. The Balaban J connectivity index is 2.17. The molecule has 1 aromatic rings. The van der Waals surface area contributed by atoms with Crippen LogP contribution < -0.4 is 10.2 Å². The van der Waals surface area contributed by atoms with Crippen LogP contribution in [0, 0.1) is 6.92 Å². The molecule has 2 heterocycles. The van der Waals surface area contributed by atoms with E-state index in [1.807, 2.05) is 20.0 Å². The number of hydrogen-bond acceptors (Lipinski definition) is 6. The molecule has 2 N–H and O–H groups in total. The molecule has 6 heteroatoms. The molecule has 0 aliphatic carbocycles. The van der Waals surface area contributed by atoms with Crippen LogP contribution >= 0.6 is 0 Å². The number of rotatable bonds is 4. The molecule has 18 heavy (non-hydrogen) atoms. The fourth-order valence-corrected chi connectivity index (χ4v) is 2.02. The Morgan fingerprint density at radius 3 is 3.17 bits per heavy atom. The monoisotopic (exact) mass is 252 g/mol. The Hall–Kier alpha value is -1.40. The third-order valence-corrected chi connectivity index (χ3v) is 2.92. The molecule has 1 saturated heterocycles. The van der Waals surface area contributed by atoms with Gasteiger partial charge in [-0.25, -0.2) is 4.98 Å². The molecular formula is C12H20N4O2. The van der Waals surface area contributed by atoms with Crippen LogP contribution in [0.1, 0.15) is 12.5 Å². The minimum absolute atomic E-state index is 0.0424. The van der Waals surface area contributed by atoms with E-state index in [-0.39, 0.29) is 12.7 Å². The van der Waals surface area contributed by atoms with E-state index in [9.17, 15) is 0 Å². The summed E-state index contributed by atoms with van der Waals surface area (Å²) in [5.74, 6) is 1.56. The summed E-state index contributed by atoms with van der Waals surface area (Å²) < 4.78 is 5.45. The van der Waals surface area contributed by atoms with Crippen molar-refractivity contribution in [3.8, 4) is 0 Å². The third-order valence-electron chi connectivity index (χ3n) is 2.92. The summed E-state index contributed by atoms with van der Waals surface area (Å²) in [4.78, 5) is 10.9. The highest BCUT2D eigenvalue weighted by Crippen LogP contribution is 2.20. The van der Waals surface area contributed by atoms with Crippen molar-refractivity contribution in [1.82, 2.24) is 9.97 Å². The van der Waals surface area contributed by atoms with Gasteiger partial charge < -0.3 is 20.1 Å². The van der Waals surface area contributed by atoms with Crippen molar-refractivity contribution in [2.75, 3.05) is 43.1 Å². The zero-order valence-corrected chi connectivity index (χ0v) is 10.9. The number of anilines is 2. The summed E-state index contributed by atoms with van der Waals surface area (Å²) in [5.41, 5.74) is 1.04. The number of aryl methyl sites for hydroxylation is 1. The Morgan fingerprint density at radius 2 is 2.44 bits per heavy atom. The second-order valence-corrected chi connectivity index (χ2v) is 4.35. The summed E-state index contributed by atoms with van der Waals surface area (Å²) in [6.07, 6.45) is 1.69. The van der Waals surface area contributed by atoms with Crippen LogP contribution in [-0.4, -0.2) is 54.0 Å². The minimum Gasteiger partial charge on any atom is -0.394 e. The molecule has 1 unspecified atom stereocenters. The molecule has 1 atom stereocenters. The van der Waals surface area contributed by atoms with Gasteiger partial charge in [0.15, 0.2) is 0 Å². The van der Waals surface area contributed by atoms with E-state index in [4.69, 9.17) is 9.84 Å². The van der Waals surface area contributed by atoms with Gasteiger partial charge in [-0.15, -0.1) is 0 Å². The predicted octanol–water partition coefficient (Wildman–Crippen LogP) is 0.414. The van der Waals surface area contributed by atoms with Crippen LogP contribution in [0.15, 0.2) is 6.20 Å². The Bertz CT molecular complexity index is 400. The molecule has 1 aliphatic rings. The van der Waals surface area contributed by atoms with E-state index in [0.29, 0.717) is 19.1 Å². The molecular weight excluding hydrogens is 232 g/mol. The highest BCUT2D eigenvalue weighted by molar-refractivity contribution is 5.49. The van der Waals surface area contributed by atoms with Gasteiger partial charge in [0, 0.05) is 31.4 Å². The van der Waals surface area contributed by atoms with E-state index in [0.717, 1.165) is 24.5 Å². The number of nitrogens with one attached hydrogen (secondary N) is 1. The normalized spacial score (nSPS) is 19.9. The number of ether oxygens (including phenoxy) is 1. The highest BCUT2D eigenvalue weighted by atomic mass is 16.5. The molecule has 0 amide bonds. The van der Waals surface area contributed by atoms with Gasteiger partial charge in [-0.3, -0.25) is 0 Å². The van der Waals surface area contributed by atoms with Crippen molar-refractivity contribution in [1.29, 1.82) is 0 Å². The number of nitrogens with zero attached hydrogens (tertiary/aromatic N) is 3. The number of hydrogen-bond donors (Lipinski definition) is 2. The number of morpholine rings is 1. The Labute approximate surface area is 107 Å². The van der Waals surface area contributed by atoms with Crippen LogP contribution in [0.5, 0.6) is 0 Å². The maximum absolute atomic E-state index is 9.17. The van der Waals surface area contributed by atoms with Crippen molar-refractivity contribution < 1.29 is 9.84 Å². The van der Waals surface area contributed by atoms with Crippen molar-refractivity contribution in [2.24, 2.45) is 0 Å². The molecule has 100 valence electrons. The number of aliphatic hydroxyl groups is 1. The van der Waals surface area contributed by atoms with Crippen molar-refractivity contribution in [3.05, 3.63) is 11.8 Å². The number of aliphatic hydroxyl groups excluding tert-OH is 1. The lowest BCUT2D eigenvalue weighted by atomic mass is 10.2. The SMILES string of the molecule is CCNc1ncc(C)c(N2CCOC(CO)C2)n1. The summed E-state index contributed by atoms with van der Waals surface area (Å²) in [5, 5.41) is 12.3. The van der Waals surface area contributed by atoms with Gasteiger partial charge in [0.05, 0.1) is 19.3 Å². The molecule has 1 fully saturated rings. The summed E-state index contributed by atoms with van der Waals surface area (Å²) in [6.45, 7) is 6.92. The van der Waals surface area contributed by atoms with Gasteiger partial charge >= 0.3 is 0 Å². The van der Waals surface area contributed by atoms with Gasteiger partial charge in [-0.1, -0.05) is 0 Å². The van der Waals surface area contributed by atoms with Gasteiger partial charge in [-0.2, -0.15) is 4.98 Å². The highest BCUT2D eigenvalue weighted by Gasteiger charge is 2.22. The molecule has 1 aromatic heterocycles. The lowest BCUT2D eigenvalue weighted by Gasteiger charge is -2.33. The Morgan fingerprint density at radius 1 is 1.61 bits per heavy atom. The zero-order chi connectivity index (χ0) is 13.0. The summed E-state index contributed by atoms with van der Waals surface area (Å²) in [7, 11) is 0. The number of aromatic nitrogens is 2. The van der Waals surface area contributed by atoms with Gasteiger partial charge in [-0.05, 0) is 13.8 Å². The van der Waals surface area contributed by atoms with E-state index in [1.54, 1.807) is 0 Å². The first-order valence-corrected chi connectivity index (χ1v) is 6.29. The predicted molar refractivity (Wildman–Crippen MR) is 70.0 cm³/mol. The smallest absolute Gasteiger partial charge is 0.224 e. The van der Waals surface area contributed by atoms with Crippen LogP contribution in [-0.2, 0) is 4.74 Å². The van der Waals surface area contributed by atoms with Crippen LogP contribution in [0.3, 0.4) is 0 Å². The molecule has 1 aliphatic heterocycles. The fourth-order valence-electron chi connectivity index (χ4n) is 2.02. The molecule has 0 radical (unpaired) electrons. The van der Waals surface area contributed by atoms with E-state index in [2.05, 4.69) is 20.2 Å². The Kier molecular flexibility index (Phi) is 4.33. The first-order valence-electron chi connectivity index (χ1n) is 6.29. The van der Waals surface area contributed by atoms with Crippen molar-refractivity contribution >= 4 is 11.8 Å². The van der Waals surface area contributed by atoms with E-state index < -0.39 is 0 Å². The molecule has 0 saturated carbocycles. The average molecular weight is 252 g/mol.